The summed E-state index contributed by atoms with van der Waals surface area (Å²) >= 11 is 0. The zero-order valence-electron chi connectivity index (χ0n) is 15.4. The van der Waals surface area contributed by atoms with Crippen LogP contribution < -0.4 is 14.8 Å². The molecule has 1 aliphatic heterocycles. The lowest BCUT2D eigenvalue weighted by molar-refractivity contribution is 0.0663. The van der Waals surface area contributed by atoms with E-state index in [-0.39, 0.29) is 5.91 Å². The first-order valence-electron chi connectivity index (χ1n) is 8.53. The fraction of sp³-hybridized carbons (Fsp3) is 0.368. The highest BCUT2D eigenvalue weighted by Gasteiger charge is 2.20. The van der Waals surface area contributed by atoms with Gasteiger partial charge in [0.05, 0.1) is 25.5 Å². The molecular weight excluding hydrogens is 332 g/mol. The Hall–Kier alpha value is -2.80. The van der Waals surface area contributed by atoms with Crippen LogP contribution in [0.25, 0.3) is 0 Å². The van der Waals surface area contributed by atoms with E-state index in [9.17, 15) is 4.79 Å². The number of ether oxygens (including phenoxy) is 2. The van der Waals surface area contributed by atoms with Gasteiger partial charge in [0.2, 0.25) is 0 Å². The molecule has 7 nitrogen and oxygen atoms in total. The van der Waals surface area contributed by atoms with E-state index in [4.69, 9.17) is 9.47 Å². The van der Waals surface area contributed by atoms with Crippen molar-refractivity contribution in [2.24, 2.45) is 0 Å². The molecule has 0 unspecified atom stereocenters. The quantitative estimate of drug-likeness (QED) is 0.886. The van der Waals surface area contributed by atoms with Crippen LogP contribution in [0.5, 0.6) is 11.5 Å². The van der Waals surface area contributed by atoms with Crippen LogP contribution in [0, 0.1) is 0 Å². The van der Waals surface area contributed by atoms with Gasteiger partial charge in [0.1, 0.15) is 17.3 Å². The number of nitrogens with one attached hydrogen (secondary N) is 1. The summed E-state index contributed by atoms with van der Waals surface area (Å²) in [5.41, 5.74) is 1.38. The van der Waals surface area contributed by atoms with E-state index in [1.165, 1.54) is 0 Å². The van der Waals surface area contributed by atoms with Crippen molar-refractivity contribution in [2.75, 3.05) is 52.8 Å². The third kappa shape index (κ3) is 4.05. The number of amides is 1. The van der Waals surface area contributed by atoms with Crippen LogP contribution in [0.3, 0.4) is 0 Å². The highest BCUT2D eigenvalue weighted by Crippen LogP contribution is 2.31. The van der Waals surface area contributed by atoms with Crippen LogP contribution in [-0.2, 0) is 0 Å². The molecule has 1 N–H and O–H groups in total. The van der Waals surface area contributed by atoms with Gasteiger partial charge in [-0.15, -0.1) is 0 Å². The molecule has 0 aliphatic carbocycles. The Bertz CT molecular complexity index is 756. The number of likely N-dealkylation sites (N-methyl/N-ethyl adjacent to an activating group) is 1. The van der Waals surface area contributed by atoms with E-state index < -0.39 is 0 Å². The van der Waals surface area contributed by atoms with E-state index in [0.717, 1.165) is 31.9 Å². The molecule has 2 heterocycles. The van der Waals surface area contributed by atoms with Gasteiger partial charge in [-0.1, -0.05) is 0 Å². The minimum Gasteiger partial charge on any atom is -0.497 e. The Balaban J connectivity index is 1.69. The van der Waals surface area contributed by atoms with Crippen molar-refractivity contribution >= 4 is 17.4 Å². The number of hydrogen-bond acceptors (Lipinski definition) is 6. The molecule has 7 heteroatoms. The van der Waals surface area contributed by atoms with E-state index >= 15 is 0 Å². The van der Waals surface area contributed by atoms with Crippen molar-refractivity contribution in [1.82, 2.24) is 14.8 Å². The molecule has 0 atom stereocenters. The first-order valence-corrected chi connectivity index (χ1v) is 8.53. The van der Waals surface area contributed by atoms with Crippen LogP contribution in [0.4, 0.5) is 11.5 Å². The maximum Gasteiger partial charge on any atom is 0.255 e. The summed E-state index contributed by atoms with van der Waals surface area (Å²) in [6.45, 7) is 3.29. The van der Waals surface area contributed by atoms with Crippen molar-refractivity contribution < 1.29 is 14.3 Å². The fourth-order valence-electron chi connectivity index (χ4n) is 2.83. The smallest absolute Gasteiger partial charge is 0.255 e. The number of methoxy groups -OCH3 is 2. The number of pyridine rings is 1. The second-order valence-electron chi connectivity index (χ2n) is 6.22. The monoisotopic (exact) mass is 356 g/mol. The molecular formula is C19H24N4O3. The average molecular weight is 356 g/mol. The Morgan fingerprint density at radius 1 is 1.08 bits per heavy atom. The summed E-state index contributed by atoms with van der Waals surface area (Å²) in [7, 11) is 5.28. The summed E-state index contributed by atoms with van der Waals surface area (Å²) in [6.07, 6.45) is 1.61. The highest BCUT2D eigenvalue weighted by molar-refractivity contribution is 5.94. The number of piperazine rings is 1. The average Bonchev–Trinajstić information content (AvgIpc) is 2.69. The number of carbonyl (C=O) groups excluding carboxylic acids is 1. The third-order valence-corrected chi connectivity index (χ3v) is 4.47. The van der Waals surface area contributed by atoms with Crippen LogP contribution in [0.2, 0.25) is 0 Å². The van der Waals surface area contributed by atoms with E-state index in [1.54, 1.807) is 38.6 Å². The Kier molecular flexibility index (Phi) is 5.58. The summed E-state index contributed by atoms with van der Waals surface area (Å²) in [6, 6.07) is 9.10. The number of hydrogen-bond donors (Lipinski definition) is 1. The largest absolute Gasteiger partial charge is 0.497 e. The van der Waals surface area contributed by atoms with Crippen LogP contribution >= 0.6 is 0 Å². The van der Waals surface area contributed by atoms with Gasteiger partial charge in [-0.05, 0) is 31.3 Å². The molecule has 1 fully saturated rings. The first-order chi connectivity index (χ1) is 12.6. The van der Waals surface area contributed by atoms with Crippen LogP contribution in [-0.4, -0.2) is 68.1 Å². The molecule has 0 spiro atoms. The lowest BCUT2D eigenvalue weighted by Crippen LogP contribution is -2.47. The molecule has 1 aromatic carbocycles. The Morgan fingerprint density at radius 2 is 1.85 bits per heavy atom. The molecule has 1 amide bonds. The van der Waals surface area contributed by atoms with E-state index in [2.05, 4.69) is 22.2 Å². The second kappa shape index (κ2) is 8.05. The molecule has 0 saturated carbocycles. The van der Waals surface area contributed by atoms with Gasteiger partial charge >= 0.3 is 0 Å². The van der Waals surface area contributed by atoms with E-state index in [1.807, 2.05) is 17.0 Å². The van der Waals surface area contributed by atoms with Crippen molar-refractivity contribution in [3.8, 4) is 11.5 Å². The number of nitrogens with zero attached hydrogens (tertiary/aromatic N) is 3. The summed E-state index contributed by atoms with van der Waals surface area (Å²) < 4.78 is 10.6. The van der Waals surface area contributed by atoms with Gasteiger partial charge < -0.3 is 24.6 Å². The van der Waals surface area contributed by atoms with E-state index in [0.29, 0.717) is 22.9 Å². The molecule has 1 aromatic heterocycles. The molecule has 2 aromatic rings. The summed E-state index contributed by atoms with van der Waals surface area (Å²) in [4.78, 5) is 21.0. The molecule has 26 heavy (non-hydrogen) atoms. The molecule has 1 aliphatic rings. The first kappa shape index (κ1) is 18.0. The second-order valence-corrected chi connectivity index (χ2v) is 6.22. The van der Waals surface area contributed by atoms with Crippen molar-refractivity contribution in [2.45, 2.75) is 0 Å². The molecule has 0 bridgehead atoms. The van der Waals surface area contributed by atoms with Gasteiger partial charge in [-0.2, -0.15) is 0 Å². The predicted octanol–water partition coefficient (Wildman–Crippen LogP) is 2.23. The lowest BCUT2D eigenvalue weighted by Gasteiger charge is -2.32. The van der Waals surface area contributed by atoms with Gasteiger partial charge in [-0.25, -0.2) is 4.98 Å². The number of anilines is 2. The molecule has 3 rings (SSSR count). The summed E-state index contributed by atoms with van der Waals surface area (Å²) in [5, 5.41) is 3.20. The zero-order chi connectivity index (χ0) is 18.5. The zero-order valence-corrected chi connectivity index (χ0v) is 15.4. The lowest BCUT2D eigenvalue weighted by atomic mass is 10.2. The maximum atomic E-state index is 12.6. The normalized spacial score (nSPS) is 14.8. The number of benzene rings is 1. The standard InChI is InChI=1S/C19H24N4O3/c1-22-8-10-23(11-9-22)19(24)14-4-7-18(20-13-14)21-16-6-5-15(25-2)12-17(16)26-3/h4-7,12-13H,8-11H2,1-3H3,(H,20,21). The van der Waals surface area contributed by atoms with Crippen molar-refractivity contribution in [3.63, 3.8) is 0 Å². The summed E-state index contributed by atoms with van der Waals surface area (Å²) in [5.74, 6) is 2.04. The Labute approximate surface area is 153 Å². The third-order valence-electron chi connectivity index (χ3n) is 4.47. The van der Waals surface area contributed by atoms with Crippen molar-refractivity contribution in [3.05, 3.63) is 42.1 Å². The maximum absolute atomic E-state index is 12.6. The van der Waals surface area contributed by atoms with Crippen LogP contribution in [0.1, 0.15) is 10.4 Å². The molecule has 0 radical (unpaired) electrons. The highest BCUT2D eigenvalue weighted by atomic mass is 16.5. The minimum atomic E-state index is 0.0270. The predicted molar refractivity (Wildman–Crippen MR) is 100 cm³/mol. The molecule has 1 saturated heterocycles. The minimum absolute atomic E-state index is 0.0270. The Morgan fingerprint density at radius 3 is 2.46 bits per heavy atom. The SMILES string of the molecule is COc1ccc(Nc2ccc(C(=O)N3CCN(C)CC3)cn2)c(OC)c1. The van der Waals surface area contributed by atoms with Crippen LogP contribution in [0.15, 0.2) is 36.5 Å². The van der Waals surface area contributed by atoms with Gasteiger partial charge in [0, 0.05) is 38.4 Å². The van der Waals surface area contributed by atoms with Gasteiger partial charge in [0.15, 0.2) is 0 Å². The number of carbonyl (C=O) groups is 1. The van der Waals surface area contributed by atoms with Gasteiger partial charge in [0.25, 0.3) is 5.91 Å². The fourth-order valence-corrected chi connectivity index (χ4v) is 2.83. The number of rotatable bonds is 5. The van der Waals surface area contributed by atoms with Gasteiger partial charge in [-0.3, -0.25) is 4.79 Å². The molecule has 138 valence electrons. The number of aromatic nitrogens is 1. The van der Waals surface area contributed by atoms with Crippen molar-refractivity contribution in [1.29, 1.82) is 0 Å². The topological polar surface area (TPSA) is 66.9 Å².